The zero-order valence-corrected chi connectivity index (χ0v) is 10.2. The first-order valence-corrected chi connectivity index (χ1v) is 5.76. The van der Waals surface area contributed by atoms with E-state index in [-0.39, 0.29) is 13.2 Å². The Morgan fingerprint density at radius 1 is 1.44 bits per heavy atom. The average Bonchev–Trinajstić information content (AvgIpc) is 2.89. The van der Waals surface area contributed by atoms with Crippen LogP contribution in [0.3, 0.4) is 0 Å². The van der Waals surface area contributed by atoms with Crippen LogP contribution in [-0.4, -0.2) is 44.2 Å². The molecule has 0 amide bonds. The lowest BCUT2D eigenvalue weighted by atomic mass is 10.2. The molecule has 2 rings (SSSR count). The predicted molar refractivity (Wildman–Crippen MR) is 68.0 cm³/mol. The van der Waals surface area contributed by atoms with Crippen molar-refractivity contribution < 1.29 is 10.2 Å². The molecule has 7 heteroatoms. The van der Waals surface area contributed by atoms with E-state index in [0.717, 1.165) is 11.4 Å². The average molecular weight is 269 g/mol. The zero-order valence-electron chi connectivity index (χ0n) is 9.49. The van der Waals surface area contributed by atoms with Crippen LogP contribution in [0.2, 0.25) is 5.02 Å². The number of rotatable bonds is 5. The molecule has 0 aliphatic carbocycles. The molecular weight excluding hydrogens is 256 g/mol. The van der Waals surface area contributed by atoms with Crippen molar-refractivity contribution in [3.63, 3.8) is 0 Å². The maximum atomic E-state index is 9.23. The molecule has 3 N–H and O–H groups in total. The molecule has 1 unspecified atom stereocenters. The monoisotopic (exact) mass is 268 g/mol. The lowest BCUT2D eigenvalue weighted by Crippen LogP contribution is -2.22. The van der Waals surface area contributed by atoms with Crippen LogP contribution in [0.4, 0.5) is 5.69 Å². The van der Waals surface area contributed by atoms with Crippen LogP contribution in [-0.2, 0) is 0 Å². The molecule has 0 fully saturated rings. The number of anilines is 1. The van der Waals surface area contributed by atoms with Gasteiger partial charge in [-0.25, -0.2) is 9.67 Å². The van der Waals surface area contributed by atoms with Gasteiger partial charge in [0.2, 0.25) is 0 Å². The second-order valence-electron chi connectivity index (χ2n) is 3.72. The second-order valence-corrected chi connectivity index (χ2v) is 4.13. The van der Waals surface area contributed by atoms with E-state index >= 15 is 0 Å². The smallest absolute Gasteiger partial charge is 0.138 e. The fourth-order valence-corrected chi connectivity index (χ4v) is 1.70. The summed E-state index contributed by atoms with van der Waals surface area (Å²) in [5.41, 5.74) is 1.48. The number of nitrogens with one attached hydrogen (secondary N) is 1. The van der Waals surface area contributed by atoms with Crippen LogP contribution in [0, 0.1) is 0 Å². The van der Waals surface area contributed by atoms with Crippen LogP contribution >= 0.6 is 11.6 Å². The van der Waals surface area contributed by atoms with Crippen LogP contribution in [0.25, 0.3) is 5.69 Å². The zero-order chi connectivity index (χ0) is 13.0. The van der Waals surface area contributed by atoms with E-state index in [4.69, 9.17) is 16.7 Å². The summed E-state index contributed by atoms with van der Waals surface area (Å²) in [6.45, 7) is -0.0206. The summed E-state index contributed by atoms with van der Waals surface area (Å²) in [6.07, 6.45) is 2.20. The van der Waals surface area contributed by atoms with Crippen molar-refractivity contribution in [2.45, 2.75) is 6.10 Å². The van der Waals surface area contributed by atoms with Crippen molar-refractivity contribution in [1.29, 1.82) is 0 Å². The maximum Gasteiger partial charge on any atom is 0.138 e. The van der Waals surface area contributed by atoms with Gasteiger partial charge in [-0.05, 0) is 18.2 Å². The highest BCUT2D eigenvalue weighted by molar-refractivity contribution is 6.32. The molecule has 1 heterocycles. The Kier molecular flexibility index (Phi) is 4.14. The highest BCUT2D eigenvalue weighted by atomic mass is 35.5. The predicted octanol–water partition coefficient (Wildman–Crippen LogP) is 0.686. The molecular formula is C11H13ClN4O2. The Labute approximate surface area is 109 Å². The minimum Gasteiger partial charge on any atom is -0.394 e. The van der Waals surface area contributed by atoms with Crippen molar-refractivity contribution in [2.24, 2.45) is 0 Å². The topological polar surface area (TPSA) is 83.2 Å². The van der Waals surface area contributed by atoms with E-state index in [1.807, 2.05) is 6.07 Å². The van der Waals surface area contributed by atoms with Gasteiger partial charge < -0.3 is 15.5 Å². The lowest BCUT2D eigenvalue weighted by molar-refractivity contribution is 0.105. The normalized spacial score (nSPS) is 12.4. The molecule has 1 atom stereocenters. The molecule has 0 spiro atoms. The summed E-state index contributed by atoms with van der Waals surface area (Å²) in [6, 6.07) is 5.33. The number of benzene rings is 1. The first-order chi connectivity index (χ1) is 8.70. The van der Waals surface area contributed by atoms with E-state index < -0.39 is 6.10 Å². The van der Waals surface area contributed by atoms with E-state index in [1.165, 1.54) is 6.33 Å². The van der Waals surface area contributed by atoms with Crippen molar-refractivity contribution in [1.82, 2.24) is 14.8 Å². The van der Waals surface area contributed by atoms with Gasteiger partial charge in [0, 0.05) is 12.2 Å². The quantitative estimate of drug-likeness (QED) is 0.743. The van der Waals surface area contributed by atoms with Gasteiger partial charge in [-0.3, -0.25) is 0 Å². The highest BCUT2D eigenvalue weighted by Crippen LogP contribution is 2.23. The molecule has 2 aromatic rings. The standard InChI is InChI=1S/C11H13ClN4O2/c12-10-3-8(14-4-9(18)5-17)1-2-11(10)16-7-13-6-15-16/h1-3,6-7,9,14,17-18H,4-5H2. The minimum absolute atomic E-state index is 0.259. The first-order valence-electron chi connectivity index (χ1n) is 5.38. The number of hydrogen-bond acceptors (Lipinski definition) is 5. The maximum absolute atomic E-state index is 9.23. The summed E-state index contributed by atoms with van der Waals surface area (Å²) in [5, 5.41) is 25.4. The second kappa shape index (κ2) is 5.81. The lowest BCUT2D eigenvalue weighted by Gasteiger charge is -2.11. The summed E-state index contributed by atoms with van der Waals surface area (Å²) in [5.74, 6) is 0. The number of aliphatic hydroxyl groups is 2. The van der Waals surface area contributed by atoms with E-state index in [1.54, 1.807) is 23.1 Å². The van der Waals surface area contributed by atoms with E-state index in [0.29, 0.717) is 5.02 Å². The van der Waals surface area contributed by atoms with Gasteiger partial charge >= 0.3 is 0 Å². The van der Waals surface area contributed by atoms with Crippen LogP contribution in [0.5, 0.6) is 0 Å². The van der Waals surface area contributed by atoms with Gasteiger partial charge in [0.05, 0.1) is 23.4 Å². The third kappa shape index (κ3) is 2.98. The number of aliphatic hydroxyl groups excluding tert-OH is 2. The number of nitrogens with zero attached hydrogens (tertiary/aromatic N) is 3. The number of aromatic nitrogens is 3. The van der Waals surface area contributed by atoms with Gasteiger partial charge in [-0.2, -0.15) is 5.10 Å². The van der Waals surface area contributed by atoms with Gasteiger partial charge in [0.15, 0.2) is 0 Å². The Hall–Kier alpha value is -1.63. The van der Waals surface area contributed by atoms with Gasteiger partial charge in [-0.15, -0.1) is 0 Å². The van der Waals surface area contributed by atoms with Crippen molar-refractivity contribution in [3.05, 3.63) is 35.9 Å². The van der Waals surface area contributed by atoms with Gasteiger partial charge in [-0.1, -0.05) is 11.6 Å². The molecule has 0 saturated heterocycles. The Balaban J connectivity index is 2.10. The molecule has 1 aromatic heterocycles. The summed E-state index contributed by atoms with van der Waals surface area (Å²) in [4.78, 5) is 3.85. The fourth-order valence-electron chi connectivity index (χ4n) is 1.44. The summed E-state index contributed by atoms with van der Waals surface area (Å²) < 4.78 is 1.56. The van der Waals surface area contributed by atoms with Crippen LogP contribution in [0.15, 0.2) is 30.9 Å². The highest BCUT2D eigenvalue weighted by Gasteiger charge is 2.06. The Morgan fingerprint density at radius 3 is 2.89 bits per heavy atom. The number of halogens is 1. The largest absolute Gasteiger partial charge is 0.394 e. The van der Waals surface area contributed by atoms with Crippen LogP contribution in [0.1, 0.15) is 0 Å². The van der Waals surface area contributed by atoms with Crippen molar-refractivity contribution in [3.8, 4) is 5.69 Å². The molecule has 1 aromatic carbocycles. The summed E-state index contributed by atoms with van der Waals surface area (Å²) >= 11 is 6.13. The fraction of sp³-hybridized carbons (Fsp3) is 0.273. The van der Waals surface area contributed by atoms with Crippen LogP contribution < -0.4 is 5.32 Å². The molecule has 0 aliphatic heterocycles. The van der Waals surface area contributed by atoms with Crippen molar-refractivity contribution in [2.75, 3.05) is 18.5 Å². The summed E-state index contributed by atoms with van der Waals surface area (Å²) in [7, 11) is 0. The minimum atomic E-state index is -0.793. The molecule has 6 nitrogen and oxygen atoms in total. The molecule has 18 heavy (non-hydrogen) atoms. The molecule has 0 saturated carbocycles. The Morgan fingerprint density at radius 2 is 2.28 bits per heavy atom. The first kappa shape index (κ1) is 12.8. The van der Waals surface area contributed by atoms with Gasteiger partial charge in [0.1, 0.15) is 12.7 Å². The third-order valence-electron chi connectivity index (χ3n) is 2.37. The van der Waals surface area contributed by atoms with Crippen molar-refractivity contribution >= 4 is 17.3 Å². The van der Waals surface area contributed by atoms with E-state index in [2.05, 4.69) is 15.4 Å². The molecule has 0 bridgehead atoms. The number of hydrogen-bond donors (Lipinski definition) is 3. The van der Waals surface area contributed by atoms with Gasteiger partial charge in [0.25, 0.3) is 0 Å². The molecule has 96 valence electrons. The third-order valence-corrected chi connectivity index (χ3v) is 2.67. The van der Waals surface area contributed by atoms with E-state index in [9.17, 15) is 5.11 Å². The Bertz CT molecular complexity index is 504. The SMILES string of the molecule is OCC(O)CNc1ccc(-n2cncn2)c(Cl)c1. The molecule has 0 radical (unpaired) electrons. The molecule has 0 aliphatic rings.